The van der Waals surface area contributed by atoms with Crippen molar-refractivity contribution in [3.63, 3.8) is 0 Å². The molecule has 0 spiro atoms. The van der Waals surface area contributed by atoms with Crippen LogP contribution >= 0.6 is 15.9 Å². The van der Waals surface area contributed by atoms with Gasteiger partial charge in [0.2, 0.25) is 5.91 Å². The molecule has 1 amide bonds. The lowest BCUT2D eigenvalue weighted by molar-refractivity contribution is -0.115. The number of halogens is 3. The number of amides is 1. The summed E-state index contributed by atoms with van der Waals surface area (Å²) in [6.45, 7) is 0. The van der Waals surface area contributed by atoms with E-state index in [-0.39, 0.29) is 18.1 Å². The van der Waals surface area contributed by atoms with Gasteiger partial charge in [-0.25, -0.2) is 8.78 Å². The predicted octanol–water partition coefficient (Wildman–Crippen LogP) is 3.91. The molecule has 1 N–H and O–H groups in total. The van der Waals surface area contributed by atoms with E-state index in [9.17, 15) is 13.6 Å². The normalized spacial score (nSPS) is 11.9. The molecule has 2 aromatic carbocycles. The molecule has 20 heavy (non-hydrogen) atoms. The first kappa shape index (κ1) is 14.7. The fourth-order valence-electron chi connectivity index (χ4n) is 1.74. The summed E-state index contributed by atoms with van der Waals surface area (Å²) in [6, 6.07) is 11.9. The molecule has 1 unspecified atom stereocenters. The van der Waals surface area contributed by atoms with Crippen LogP contribution in [0.2, 0.25) is 0 Å². The van der Waals surface area contributed by atoms with Gasteiger partial charge in [0.1, 0.15) is 11.6 Å². The molecule has 2 aromatic rings. The number of carbonyl (C=O) groups excluding carboxylic acids is 1. The second kappa shape index (κ2) is 6.61. The molecule has 1 atom stereocenters. The minimum atomic E-state index is -0.595. The Bertz CT molecular complexity index is 618. The van der Waals surface area contributed by atoms with Gasteiger partial charge in [0.15, 0.2) is 0 Å². The molecule has 0 aliphatic rings. The van der Waals surface area contributed by atoms with Crippen molar-refractivity contribution in [2.75, 3.05) is 5.32 Å². The molecule has 0 aromatic heterocycles. The van der Waals surface area contributed by atoms with Crippen LogP contribution in [0.4, 0.5) is 14.5 Å². The van der Waals surface area contributed by atoms with E-state index >= 15 is 0 Å². The zero-order valence-electron chi connectivity index (χ0n) is 10.4. The van der Waals surface area contributed by atoms with E-state index in [1.807, 2.05) is 0 Å². The predicted molar refractivity (Wildman–Crippen MR) is 77.8 cm³/mol. The molecular formula is C15H12BrF2NO. The van der Waals surface area contributed by atoms with Crippen molar-refractivity contribution in [1.29, 1.82) is 0 Å². The molecule has 5 heteroatoms. The van der Waals surface area contributed by atoms with Gasteiger partial charge in [-0.1, -0.05) is 40.2 Å². The zero-order chi connectivity index (χ0) is 14.5. The van der Waals surface area contributed by atoms with Gasteiger partial charge in [0.05, 0.1) is 4.83 Å². The Labute approximate surface area is 123 Å². The summed E-state index contributed by atoms with van der Waals surface area (Å²) in [5.41, 5.74) is 0.816. The van der Waals surface area contributed by atoms with Gasteiger partial charge >= 0.3 is 0 Å². The van der Waals surface area contributed by atoms with Crippen molar-refractivity contribution in [1.82, 2.24) is 0 Å². The van der Waals surface area contributed by atoms with Gasteiger partial charge in [-0.05, 0) is 36.2 Å². The number of benzene rings is 2. The molecule has 0 bridgehead atoms. The lowest BCUT2D eigenvalue weighted by Crippen LogP contribution is -2.25. The maximum Gasteiger partial charge on any atom is 0.238 e. The van der Waals surface area contributed by atoms with Crippen molar-refractivity contribution in [3.8, 4) is 0 Å². The Hall–Kier alpha value is -1.75. The van der Waals surface area contributed by atoms with Crippen LogP contribution in [0.1, 0.15) is 5.56 Å². The highest BCUT2D eigenvalue weighted by Gasteiger charge is 2.17. The lowest BCUT2D eigenvalue weighted by Gasteiger charge is -2.11. The first-order chi connectivity index (χ1) is 9.56. The molecule has 104 valence electrons. The monoisotopic (exact) mass is 339 g/mol. The van der Waals surface area contributed by atoms with E-state index in [1.54, 1.807) is 24.3 Å². The van der Waals surface area contributed by atoms with Gasteiger partial charge < -0.3 is 5.32 Å². The minimum Gasteiger partial charge on any atom is -0.325 e. The second-order valence-electron chi connectivity index (χ2n) is 4.26. The highest BCUT2D eigenvalue weighted by atomic mass is 79.9. The van der Waals surface area contributed by atoms with Crippen LogP contribution in [0.15, 0.2) is 48.5 Å². The Balaban J connectivity index is 2.01. The number of alkyl halides is 1. The van der Waals surface area contributed by atoms with Gasteiger partial charge in [-0.15, -0.1) is 0 Å². The summed E-state index contributed by atoms with van der Waals surface area (Å²) in [6.07, 6.45) is 0.216. The quantitative estimate of drug-likeness (QED) is 0.840. The number of hydrogen-bond donors (Lipinski definition) is 1. The molecule has 0 radical (unpaired) electrons. The largest absolute Gasteiger partial charge is 0.325 e. The molecular weight excluding hydrogens is 328 g/mol. The third kappa shape index (κ3) is 3.87. The molecule has 0 aliphatic heterocycles. The van der Waals surface area contributed by atoms with Crippen LogP contribution in [0, 0.1) is 11.6 Å². The van der Waals surface area contributed by atoms with Crippen LogP contribution in [0.25, 0.3) is 0 Å². The van der Waals surface area contributed by atoms with E-state index in [4.69, 9.17) is 0 Å². The third-order valence-electron chi connectivity index (χ3n) is 2.73. The van der Waals surface area contributed by atoms with E-state index in [2.05, 4.69) is 21.2 Å². The van der Waals surface area contributed by atoms with E-state index < -0.39 is 10.6 Å². The van der Waals surface area contributed by atoms with Crippen molar-refractivity contribution in [2.45, 2.75) is 11.2 Å². The maximum atomic E-state index is 13.5. The summed E-state index contributed by atoms with van der Waals surface area (Å²) >= 11 is 3.22. The molecule has 2 rings (SSSR count). The van der Waals surface area contributed by atoms with Gasteiger partial charge in [-0.3, -0.25) is 4.79 Å². The molecule has 2 nitrogen and oxygen atoms in total. The number of rotatable bonds is 4. The molecule has 0 fully saturated rings. The smallest absolute Gasteiger partial charge is 0.238 e. The van der Waals surface area contributed by atoms with Gasteiger partial charge in [-0.2, -0.15) is 0 Å². The average molecular weight is 340 g/mol. The fourth-order valence-corrected chi connectivity index (χ4v) is 2.20. The van der Waals surface area contributed by atoms with E-state index in [0.717, 1.165) is 0 Å². The van der Waals surface area contributed by atoms with Crippen molar-refractivity contribution >= 4 is 27.5 Å². The first-order valence-corrected chi connectivity index (χ1v) is 6.92. The third-order valence-corrected chi connectivity index (χ3v) is 3.47. The topological polar surface area (TPSA) is 29.1 Å². The van der Waals surface area contributed by atoms with Crippen LogP contribution in [0.3, 0.4) is 0 Å². The van der Waals surface area contributed by atoms with Gasteiger partial charge in [0.25, 0.3) is 0 Å². The Morgan fingerprint density at radius 3 is 2.60 bits per heavy atom. The Morgan fingerprint density at radius 2 is 1.90 bits per heavy atom. The van der Waals surface area contributed by atoms with Crippen LogP contribution < -0.4 is 5.32 Å². The first-order valence-electron chi connectivity index (χ1n) is 6.00. The van der Waals surface area contributed by atoms with Gasteiger partial charge in [0, 0.05) is 5.69 Å². The molecule has 0 heterocycles. The van der Waals surface area contributed by atoms with Crippen molar-refractivity contribution in [2.24, 2.45) is 0 Å². The molecule has 0 aliphatic carbocycles. The standard InChI is InChI=1S/C15H12BrF2NO/c16-13(8-10-4-1-2-7-14(10)18)15(20)19-12-6-3-5-11(17)9-12/h1-7,9,13H,8H2,(H,19,20). The summed E-state index contributed by atoms with van der Waals surface area (Å²) in [4.78, 5) is 11.3. The molecule has 0 saturated heterocycles. The average Bonchev–Trinajstić information content (AvgIpc) is 2.41. The SMILES string of the molecule is O=C(Nc1cccc(F)c1)C(Br)Cc1ccccc1F. The zero-order valence-corrected chi connectivity index (χ0v) is 12.0. The van der Waals surface area contributed by atoms with Crippen molar-refractivity contribution < 1.29 is 13.6 Å². The lowest BCUT2D eigenvalue weighted by atomic mass is 10.1. The highest BCUT2D eigenvalue weighted by molar-refractivity contribution is 9.10. The van der Waals surface area contributed by atoms with Crippen LogP contribution in [-0.2, 0) is 11.2 Å². The second-order valence-corrected chi connectivity index (χ2v) is 5.37. The van der Waals surface area contributed by atoms with E-state index in [1.165, 1.54) is 24.3 Å². The summed E-state index contributed by atoms with van der Waals surface area (Å²) in [5, 5.41) is 2.57. The molecule has 0 saturated carbocycles. The number of hydrogen-bond acceptors (Lipinski definition) is 1. The summed E-state index contributed by atoms with van der Waals surface area (Å²) in [7, 11) is 0. The van der Waals surface area contributed by atoms with E-state index in [0.29, 0.717) is 11.3 Å². The van der Waals surface area contributed by atoms with Crippen molar-refractivity contribution in [3.05, 3.63) is 65.7 Å². The number of anilines is 1. The highest BCUT2D eigenvalue weighted by Crippen LogP contribution is 2.16. The Morgan fingerprint density at radius 1 is 1.15 bits per heavy atom. The fraction of sp³-hybridized carbons (Fsp3) is 0.133. The minimum absolute atomic E-state index is 0.216. The van der Waals surface area contributed by atoms with Crippen LogP contribution in [-0.4, -0.2) is 10.7 Å². The summed E-state index contributed by atoms with van der Waals surface area (Å²) < 4.78 is 26.5. The summed E-state index contributed by atoms with van der Waals surface area (Å²) in [5.74, 6) is -1.13. The maximum absolute atomic E-state index is 13.5. The number of nitrogens with one attached hydrogen (secondary N) is 1. The van der Waals surface area contributed by atoms with Crippen LogP contribution in [0.5, 0.6) is 0 Å². The Kier molecular flexibility index (Phi) is 4.84. The number of carbonyl (C=O) groups is 1.